The van der Waals surface area contributed by atoms with Crippen molar-refractivity contribution in [2.75, 3.05) is 123 Å². The fraction of sp³-hybridized carbons (Fsp3) is 0.431. The van der Waals surface area contributed by atoms with Gasteiger partial charge in [-0.15, -0.1) is 0 Å². The first-order chi connectivity index (χ1) is 49.1. The minimum atomic E-state index is -1.08. The van der Waals surface area contributed by atoms with E-state index in [9.17, 15) is 68.4 Å². The van der Waals surface area contributed by atoms with Crippen LogP contribution in [-0.4, -0.2) is 267 Å². The summed E-state index contributed by atoms with van der Waals surface area (Å²) < 4.78 is 0. The first-order valence-corrected chi connectivity index (χ1v) is 34.3. The van der Waals surface area contributed by atoms with Crippen LogP contribution in [0.4, 0.5) is 10.5 Å². The molecule has 8 amide bonds. The Hall–Kier alpha value is -9.66. The van der Waals surface area contributed by atoms with Gasteiger partial charge in [-0.25, -0.2) is 4.79 Å². The average molecular weight is 1530 g/mol. The molecule has 31 heteroatoms. The summed E-state index contributed by atoms with van der Waals surface area (Å²) in [5.41, 5.74) is 17.8. The number of hydrogen-bond acceptors (Lipinski definition) is 17. The van der Waals surface area contributed by atoms with Gasteiger partial charge in [0.05, 0.1) is 38.1 Å². The molecule has 0 saturated carbocycles. The summed E-state index contributed by atoms with van der Waals surface area (Å²) in [4.78, 5) is 139. The molecule has 0 radical (unpaired) electrons. The molecule has 0 bridgehead atoms. The number of nitrogens with two attached hydrogens (primary N) is 2. The van der Waals surface area contributed by atoms with Gasteiger partial charge < -0.3 is 79.7 Å². The molecule has 1 unspecified atom stereocenters. The number of phenols is 1. The summed E-state index contributed by atoms with van der Waals surface area (Å²) in [5, 5.41) is 64.7. The number of guanidine groups is 1. The average Bonchev–Trinajstić information content (AvgIpc) is 0.827. The maximum Gasteiger partial charge on any atom is 3.00 e. The van der Waals surface area contributed by atoms with E-state index in [0.29, 0.717) is 49.9 Å². The zero-order valence-corrected chi connectivity index (χ0v) is 61.5. The van der Waals surface area contributed by atoms with Crippen molar-refractivity contribution in [3.63, 3.8) is 0 Å². The molecule has 1 aliphatic rings. The molecule has 30 nitrogen and oxygen atoms in total. The summed E-state index contributed by atoms with van der Waals surface area (Å²) in [5.74, 6) is -6.55. The number of benzene rings is 5. The van der Waals surface area contributed by atoms with Gasteiger partial charge in [0.2, 0.25) is 35.4 Å². The SMILES string of the molecule is CCC(=O)NCCNC(=O)/N=C(/N)NCCC[C@@H](NC(=O)C(c1ccccc1)c1ccc(NCCCNC(=O)[C@H](N)CCCNC(=O)[C@@H](Cc2ccc(-c3ccccc3)cc2)NC(=O)CN2CCN(CC(=O)O)CCN(CC(=O)O)CCN(CC(=O)O)CC2)cc1)C(=O)NCc1ccc(O)cc1.[In+3]. The van der Waals surface area contributed by atoms with E-state index in [1.165, 1.54) is 12.1 Å². The minimum Gasteiger partial charge on any atom is -0.508 e. The molecule has 1 fully saturated rings. The van der Waals surface area contributed by atoms with E-state index in [4.69, 9.17) is 11.5 Å². The fourth-order valence-corrected chi connectivity index (χ4v) is 11.2. The first-order valence-electron chi connectivity index (χ1n) is 34.3. The van der Waals surface area contributed by atoms with Gasteiger partial charge in [0, 0.05) is 117 Å². The van der Waals surface area contributed by atoms with Gasteiger partial charge in [-0.1, -0.05) is 116 Å². The zero-order valence-electron chi connectivity index (χ0n) is 58.2. The van der Waals surface area contributed by atoms with E-state index >= 15 is 0 Å². The van der Waals surface area contributed by atoms with E-state index in [-0.39, 0.29) is 180 Å². The molecule has 5 aromatic rings. The third-order valence-electron chi connectivity index (χ3n) is 16.8. The topological polar surface area (TPSA) is 437 Å². The fourth-order valence-electron chi connectivity index (χ4n) is 11.2. The molecule has 6 rings (SSSR count). The maximum absolute atomic E-state index is 14.5. The van der Waals surface area contributed by atoms with Crippen LogP contribution in [0.25, 0.3) is 11.1 Å². The second-order valence-electron chi connectivity index (χ2n) is 24.7. The summed E-state index contributed by atoms with van der Waals surface area (Å²) in [7, 11) is 0. The van der Waals surface area contributed by atoms with Crippen molar-refractivity contribution in [3.05, 3.63) is 156 Å². The van der Waals surface area contributed by atoms with Gasteiger partial charge in [0.15, 0.2) is 5.96 Å². The number of nitrogens with zero attached hydrogens (tertiary/aromatic N) is 5. The van der Waals surface area contributed by atoms with Crippen molar-refractivity contribution in [1.29, 1.82) is 0 Å². The number of carboxylic acid groups (broad SMARTS) is 3. The van der Waals surface area contributed by atoms with Crippen molar-refractivity contribution >= 4 is 96.9 Å². The maximum atomic E-state index is 14.5. The summed E-state index contributed by atoms with van der Waals surface area (Å²) >= 11 is 0. The van der Waals surface area contributed by atoms with E-state index in [1.54, 1.807) is 38.7 Å². The van der Waals surface area contributed by atoms with Crippen LogP contribution >= 0.6 is 0 Å². The van der Waals surface area contributed by atoms with E-state index < -0.39 is 71.6 Å². The predicted molar refractivity (Wildman–Crippen MR) is 390 cm³/mol. The Kier molecular flexibility index (Phi) is 37.6. The summed E-state index contributed by atoms with van der Waals surface area (Å²) in [6, 6.07) is 36.5. The number of carbonyl (C=O) groups excluding carboxylic acids is 7. The van der Waals surface area contributed by atoms with Crippen LogP contribution in [0.2, 0.25) is 0 Å². The molecule has 1 heterocycles. The number of carbonyl (C=O) groups is 10. The number of rotatable bonds is 38. The van der Waals surface area contributed by atoms with Crippen molar-refractivity contribution in [3.8, 4) is 16.9 Å². The van der Waals surface area contributed by atoms with Gasteiger partial charge in [-0.2, -0.15) is 4.99 Å². The minimum absolute atomic E-state index is 0. The van der Waals surface area contributed by atoms with Gasteiger partial charge in [-0.05, 0) is 89.8 Å². The van der Waals surface area contributed by atoms with E-state index in [1.807, 2.05) is 109 Å². The Balaban J connectivity index is 0.0000191. The third-order valence-corrected chi connectivity index (χ3v) is 16.8. The number of nitrogens with one attached hydrogen (secondary N) is 9. The number of hydrogen-bond donors (Lipinski definition) is 15. The molecule has 550 valence electrons. The number of aliphatic carboxylic acids is 3. The van der Waals surface area contributed by atoms with Gasteiger partial charge >= 0.3 is 49.8 Å². The van der Waals surface area contributed by atoms with Crippen LogP contribution in [0.15, 0.2) is 138 Å². The summed E-state index contributed by atoms with van der Waals surface area (Å²) in [6.07, 6.45) is 2.00. The quantitative estimate of drug-likeness (QED) is 0.0148. The predicted octanol–water partition coefficient (Wildman–Crippen LogP) is 0.877. The Morgan fingerprint density at radius 3 is 1.52 bits per heavy atom. The van der Waals surface area contributed by atoms with E-state index in [0.717, 1.165) is 27.9 Å². The number of aromatic hydroxyl groups is 1. The Morgan fingerprint density at radius 1 is 0.466 bits per heavy atom. The number of aliphatic imine (C=N–C) groups is 1. The van der Waals surface area contributed by atoms with Gasteiger partial charge in [-0.3, -0.25) is 62.8 Å². The first kappa shape index (κ1) is 84.0. The van der Waals surface area contributed by atoms with Crippen LogP contribution in [0.1, 0.15) is 73.6 Å². The second-order valence-corrected chi connectivity index (χ2v) is 24.7. The van der Waals surface area contributed by atoms with Crippen LogP contribution in [0, 0.1) is 0 Å². The number of urea groups is 1. The zero-order chi connectivity index (χ0) is 73.6. The van der Waals surface area contributed by atoms with Gasteiger partial charge in [0.25, 0.3) is 0 Å². The standard InChI is InChI=1S/C72H98N16O14.In/c1-2-61(90)76-34-35-80-72(102)84-71(74)79-31-10-17-59(68(99)81-45-51-20-28-57(89)29-21-51)83-70(101)66(54-14-7-4-8-15-54)55-24-26-56(27-25-55)75-32-11-33-77-67(98)58(73)16-9-30-78-69(100)60(44-50-18-22-53(23-19-50)52-12-5-3-6-13-52)82-62(91)46-85-36-38-86(47-63(92)93)40-42-88(49-65(96)97)43-41-87(39-37-85)48-64(94)95;/h3-8,12-15,18-29,58-60,66,75,89H,2,9-11,16-17,30-49,73H2,1H3,(H,76,90)(H,77,98)(H,78,100)(H,81,99)(H,82,91)(H,83,101)(H,92,93)(H,94,95)(H,96,97)(H4,74,79,80,84,102);/q;+3/t58-,59-,60-,66?;/m1./s1. The molecule has 103 heavy (non-hydrogen) atoms. The number of amides is 8. The molecule has 0 aromatic heterocycles. The largest absolute Gasteiger partial charge is 3.00 e. The number of phenolic OH excluding ortho intramolecular Hbond substituents is 1. The van der Waals surface area contributed by atoms with Crippen LogP contribution in [0.5, 0.6) is 5.75 Å². The van der Waals surface area contributed by atoms with Gasteiger partial charge in [0.1, 0.15) is 17.8 Å². The molecular weight excluding hydrogens is 1430 g/mol. The van der Waals surface area contributed by atoms with Crippen LogP contribution in [-0.2, 0) is 56.1 Å². The third kappa shape index (κ3) is 32.5. The second kappa shape index (κ2) is 46.1. The molecule has 5 aromatic carbocycles. The van der Waals surface area contributed by atoms with Crippen molar-refractivity contribution < 1.29 is 68.4 Å². The monoisotopic (exact) mass is 1530 g/mol. The normalized spacial score (nSPS) is 14.6. The molecule has 0 aliphatic carbocycles. The smallest absolute Gasteiger partial charge is 0.508 e. The van der Waals surface area contributed by atoms with Crippen LogP contribution < -0.4 is 59.3 Å². The van der Waals surface area contributed by atoms with Crippen LogP contribution in [0.3, 0.4) is 0 Å². The van der Waals surface area contributed by atoms with Crippen molar-refractivity contribution in [2.24, 2.45) is 16.5 Å². The molecule has 0 spiro atoms. The van der Waals surface area contributed by atoms with Crippen molar-refractivity contribution in [1.82, 2.24) is 62.1 Å². The summed E-state index contributed by atoms with van der Waals surface area (Å²) in [6.45, 7) is 3.77. The molecule has 17 N–H and O–H groups in total. The number of carboxylic acids is 3. The van der Waals surface area contributed by atoms with E-state index in [2.05, 4.69) is 52.8 Å². The molecular formula is C72H98InN16O14+3. The molecule has 1 aliphatic heterocycles. The Morgan fingerprint density at radius 2 is 0.951 bits per heavy atom. The Labute approximate surface area is 618 Å². The number of anilines is 1. The van der Waals surface area contributed by atoms with Crippen molar-refractivity contribution in [2.45, 2.75) is 82.5 Å². The Bertz CT molecular complexity index is 3500. The molecule has 1 saturated heterocycles. The molecule has 4 atom stereocenters.